The average Bonchev–Trinajstić information content (AvgIpc) is 2.87. The van der Waals surface area contributed by atoms with Crippen molar-refractivity contribution in [2.75, 3.05) is 26.2 Å². The first-order valence-electron chi connectivity index (χ1n) is 12.5. The van der Waals surface area contributed by atoms with Crippen molar-refractivity contribution in [3.8, 4) is 0 Å². The number of thioether (sulfide) groups is 2. The normalized spacial score (nSPS) is 10.2. The van der Waals surface area contributed by atoms with Crippen LogP contribution < -0.4 is 0 Å². The largest absolute Gasteiger partial charge is 0.334 e. The molecule has 0 saturated heterocycles. The molecule has 0 unspecified atom stereocenters. The van der Waals surface area contributed by atoms with Gasteiger partial charge in [-0.3, -0.25) is 9.59 Å². The van der Waals surface area contributed by atoms with Gasteiger partial charge in [0, 0.05) is 37.7 Å². The molecule has 2 amide bonds. The zero-order valence-corrected chi connectivity index (χ0v) is 23.0. The molecule has 0 aliphatic rings. The van der Waals surface area contributed by atoms with Gasteiger partial charge in [-0.05, 0) is 36.8 Å². The van der Waals surface area contributed by atoms with Crippen LogP contribution >= 0.6 is 23.5 Å². The van der Waals surface area contributed by atoms with Crippen molar-refractivity contribution >= 4 is 34.0 Å². The Morgan fingerprint density at radius 2 is 0.853 bits per heavy atom. The molecule has 2 aromatic carbocycles. The summed E-state index contributed by atoms with van der Waals surface area (Å²) in [4.78, 5) is 27.9. The van der Waals surface area contributed by atoms with E-state index < -0.39 is 0 Å². The first kappa shape index (κ1) is 30.1. The number of hydrogen-bond donors (Lipinski definition) is 0. The lowest BCUT2D eigenvalue weighted by molar-refractivity contribution is 0.222. The van der Waals surface area contributed by atoms with Crippen LogP contribution in [0.3, 0.4) is 0 Å². The molecule has 0 aliphatic heterocycles. The van der Waals surface area contributed by atoms with E-state index in [4.69, 9.17) is 0 Å². The monoisotopic (exact) mass is 502 g/mol. The van der Waals surface area contributed by atoms with Crippen molar-refractivity contribution in [3.63, 3.8) is 0 Å². The summed E-state index contributed by atoms with van der Waals surface area (Å²) in [6.45, 7) is 11.9. The Balaban J connectivity index is 0.000000340. The summed E-state index contributed by atoms with van der Waals surface area (Å²) in [7, 11) is 0. The highest BCUT2D eigenvalue weighted by Gasteiger charge is 2.13. The van der Waals surface area contributed by atoms with Gasteiger partial charge in [0.15, 0.2) is 0 Å². The molecule has 0 N–H and O–H groups in total. The molecule has 0 spiro atoms. The molecule has 0 atom stereocenters. The first-order chi connectivity index (χ1) is 16.5. The summed E-state index contributed by atoms with van der Waals surface area (Å²) in [6.07, 6.45) is 4.10. The van der Waals surface area contributed by atoms with Crippen LogP contribution in [0.5, 0.6) is 0 Å². The number of nitrogens with zero attached hydrogens (tertiary/aromatic N) is 2. The van der Waals surface area contributed by atoms with Gasteiger partial charge in [0.25, 0.3) is 10.5 Å². The molecule has 6 heteroatoms. The van der Waals surface area contributed by atoms with E-state index in [0.717, 1.165) is 63.4 Å². The summed E-state index contributed by atoms with van der Waals surface area (Å²) in [5.41, 5.74) is 2.41. The molecule has 0 saturated carbocycles. The van der Waals surface area contributed by atoms with E-state index in [9.17, 15) is 9.59 Å². The zero-order valence-electron chi connectivity index (χ0n) is 21.4. The van der Waals surface area contributed by atoms with Gasteiger partial charge in [0.05, 0.1) is 0 Å². The van der Waals surface area contributed by atoms with Crippen LogP contribution in [-0.2, 0) is 11.5 Å². The van der Waals surface area contributed by atoms with E-state index in [2.05, 4.69) is 52.0 Å². The standard InChI is InChI=1S/2C14H21NOS/c2*1-3-10-15(11-4-2)14(16)17-12-13-8-6-5-7-9-13/h2*5-9H,3-4,10-12H2,1-2H3. The topological polar surface area (TPSA) is 40.6 Å². The number of hydrogen-bond acceptors (Lipinski definition) is 4. The maximum atomic E-state index is 12.0. The Hall–Kier alpha value is -1.92. The molecule has 0 radical (unpaired) electrons. The quantitative estimate of drug-likeness (QED) is 0.292. The van der Waals surface area contributed by atoms with E-state index in [-0.39, 0.29) is 10.5 Å². The lowest BCUT2D eigenvalue weighted by Gasteiger charge is -2.20. The number of rotatable bonds is 12. The number of amides is 2. The van der Waals surface area contributed by atoms with Gasteiger partial charge in [-0.25, -0.2) is 0 Å². The highest BCUT2D eigenvalue weighted by atomic mass is 32.2. The maximum Gasteiger partial charge on any atom is 0.281 e. The minimum atomic E-state index is 0.206. The van der Waals surface area contributed by atoms with Crippen LogP contribution in [0.25, 0.3) is 0 Å². The van der Waals surface area contributed by atoms with Crippen molar-refractivity contribution in [2.24, 2.45) is 0 Å². The molecule has 0 aromatic heterocycles. The van der Waals surface area contributed by atoms with Crippen molar-refractivity contribution < 1.29 is 9.59 Å². The number of carbonyl (C=O) groups is 2. The van der Waals surface area contributed by atoms with Crippen LogP contribution in [-0.4, -0.2) is 46.5 Å². The van der Waals surface area contributed by atoms with E-state index in [0.29, 0.717) is 0 Å². The predicted octanol–water partition coefficient (Wildman–Crippen LogP) is 8.32. The SMILES string of the molecule is CCCN(CCC)C(=O)SCc1ccccc1.CCCN(CCC)C(=O)SCc1ccccc1. The Morgan fingerprint density at radius 1 is 0.559 bits per heavy atom. The van der Waals surface area contributed by atoms with Crippen LogP contribution in [0.2, 0.25) is 0 Å². The minimum Gasteiger partial charge on any atom is -0.334 e. The highest BCUT2D eigenvalue weighted by molar-refractivity contribution is 8.13. The van der Waals surface area contributed by atoms with Gasteiger partial charge in [0.1, 0.15) is 0 Å². The Bertz CT molecular complexity index is 708. The lowest BCUT2D eigenvalue weighted by atomic mass is 10.2. The third-order valence-corrected chi connectivity index (χ3v) is 6.87. The second-order valence-electron chi connectivity index (χ2n) is 8.05. The summed E-state index contributed by atoms with van der Waals surface area (Å²) in [5, 5.41) is 0.412. The van der Waals surface area contributed by atoms with E-state index >= 15 is 0 Å². The van der Waals surface area contributed by atoms with E-state index in [1.165, 1.54) is 34.7 Å². The van der Waals surface area contributed by atoms with E-state index in [1.807, 2.05) is 46.2 Å². The first-order valence-corrected chi connectivity index (χ1v) is 14.4. The summed E-state index contributed by atoms with van der Waals surface area (Å²) in [5.74, 6) is 1.53. The fourth-order valence-electron chi connectivity index (χ4n) is 3.29. The molecule has 0 fully saturated rings. The smallest absolute Gasteiger partial charge is 0.281 e. The van der Waals surface area contributed by atoms with Gasteiger partial charge in [-0.15, -0.1) is 0 Å². The summed E-state index contributed by atoms with van der Waals surface area (Å²) >= 11 is 2.81. The Labute approximate surface area is 215 Å². The predicted molar refractivity (Wildman–Crippen MR) is 151 cm³/mol. The molecule has 34 heavy (non-hydrogen) atoms. The molecule has 4 nitrogen and oxygen atoms in total. The van der Waals surface area contributed by atoms with Crippen molar-refractivity contribution in [2.45, 2.75) is 64.9 Å². The molecular weight excluding hydrogens is 460 g/mol. The van der Waals surface area contributed by atoms with Crippen LogP contribution in [0.4, 0.5) is 9.59 Å². The Kier molecular flexibility index (Phi) is 17.2. The molecule has 0 heterocycles. The van der Waals surface area contributed by atoms with Gasteiger partial charge in [-0.1, -0.05) is 112 Å². The average molecular weight is 503 g/mol. The van der Waals surface area contributed by atoms with E-state index in [1.54, 1.807) is 0 Å². The minimum absolute atomic E-state index is 0.206. The van der Waals surface area contributed by atoms with Crippen molar-refractivity contribution in [3.05, 3.63) is 71.8 Å². The second kappa shape index (κ2) is 19.4. The highest BCUT2D eigenvalue weighted by Crippen LogP contribution is 2.17. The molecule has 188 valence electrons. The van der Waals surface area contributed by atoms with Gasteiger partial charge < -0.3 is 9.80 Å². The number of carbonyl (C=O) groups excluding carboxylic acids is 2. The second-order valence-corrected chi connectivity index (χ2v) is 9.91. The molecule has 2 rings (SSSR count). The van der Waals surface area contributed by atoms with Gasteiger partial charge >= 0.3 is 0 Å². The summed E-state index contributed by atoms with van der Waals surface area (Å²) < 4.78 is 0. The fraction of sp³-hybridized carbons (Fsp3) is 0.500. The molecule has 0 bridgehead atoms. The molecule has 0 aliphatic carbocycles. The van der Waals surface area contributed by atoms with Crippen molar-refractivity contribution in [1.29, 1.82) is 0 Å². The zero-order chi connectivity index (χ0) is 25.0. The molecule has 2 aromatic rings. The van der Waals surface area contributed by atoms with Gasteiger partial charge in [0.2, 0.25) is 0 Å². The van der Waals surface area contributed by atoms with Crippen LogP contribution in [0.15, 0.2) is 60.7 Å². The van der Waals surface area contributed by atoms with Crippen molar-refractivity contribution in [1.82, 2.24) is 9.80 Å². The maximum absolute atomic E-state index is 12.0. The molecular formula is C28H42N2O2S2. The Morgan fingerprint density at radius 3 is 1.12 bits per heavy atom. The fourth-order valence-corrected chi connectivity index (χ4v) is 4.99. The third kappa shape index (κ3) is 13.1. The summed E-state index contributed by atoms with van der Waals surface area (Å²) in [6, 6.07) is 20.3. The third-order valence-electron chi connectivity index (χ3n) is 4.90. The van der Waals surface area contributed by atoms with Gasteiger partial charge in [-0.2, -0.15) is 0 Å². The van der Waals surface area contributed by atoms with Crippen LogP contribution in [0.1, 0.15) is 64.5 Å². The lowest BCUT2D eigenvalue weighted by Crippen LogP contribution is -2.29. The van der Waals surface area contributed by atoms with Crippen LogP contribution in [0, 0.1) is 0 Å². The number of benzene rings is 2.